The van der Waals surface area contributed by atoms with Crippen LogP contribution in [0.3, 0.4) is 0 Å². The number of pyridine rings is 1. The molecule has 0 aromatic carbocycles. The Morgan fingerprint density at radius 3 is 2.95 bits per heavy atom. The molecule has 0 saturated carbocycles. The highest BCUT2D eigenvalue weighted by molar-refractivity contribution is 5.95. The molecule has 0 spiro atoms. The number of hydrogen-bond donors (Lipinski definition) is 2. The molecule has 3 rings (SSSR count). The van der Waals surface area contributed by atoms with Crippen molar-refractivity contribution < 1.29 is 9.53 Å². The van der Waals surface area contributed by atoms with E-state index in [-0.39, 0.29) is 17.9 Å². The Hall–Kier alpha value is -1.66. The van der Waals surface area contributed by atoms with Crippen molar-refractivity contribution in [3.63, 3.8) is 0 Å². The number of carbonyl (C=O) groups is 1. The Bertz CT molecular complexity index is 502. The summed E-state index contributed by atoms with van der Waals surface area (Å²) in [7, 11) is 1.86. The zero-order valence-electron chi connectivity index (χ0n) is 12.3. The van der Waals surface area contributed by atoms with E-state index in [2.05, 4.69) is 20.5 Å². The molecule has 21 heavy (non-hydrogen) atoms. The van der Waals surface area contributed by atoms with Crippen LogP contribution in [-0.4, -0.2) is 50.3 Å². The molecule has 2 aliphatic rings. The van der Waals surface area contributed by atoms with Crippen LogP contribution >= 0.6 is 0 Å². The average molecular weight is 290 g/mol. The molecule has 0 bridgehead atoms. The van der Waals surface area contributed by atoms with Gasteiger partial charge in [0, 0.05) is 25.3 Å². The average Bonchev–Trinajstić information content (AvgIpc) is 3.19. The highest BCUT2D eigenvalue weighted by Gasteiger charge is 2.33. The number of aromatic nitrogens is 1. The Kier molecular flexibility index (Phi) is 4.36. The molecule has 2 atom stereocenters. The smallest absolute Gasteiger partial charge is 0.231 e. The minimum atomic E-state index is -0.151. The lowest BCUT2D eigenvalue weighted by molar-refractivity contribution is -0.120. The van der Waals surface area contributed by atoms with Crippen LogP contribution in [-0.2, 0) is 9.53 Å². The van der Waals surface area contributed by atoms with Gasteiger partial charge in [-0.15, -0.1) is 0 Å². The van der Waals surface area contributed by atoms with Crippen molar-refractivity contribution in [1.82, 2.24) is 10.3 Å². The molecule has 2 aliphatic heterocycles. The van der Waals surface area contributed by atoms with Crippen molar-refractivity contribution in [2.24, 2.45) is 5.92 Å². The lowest BCUT2D eigenvalue weighted by Crippen LogP contribution is -2.39. The molecule has 6 heteroatoms. The van der Waals surface area contributed by atoms with Crippen LogP contribution in [0.1, 0.15) is 12.8 Å². The fourth-order valence-electron chi connectivity index (χ4n) is 3.00. The number of amides is 1. The van der Waals surface area contributed by atoms with E-state index < -0.39 is 0 Å². The summed E-state index contributed by atoms with van der Waals surface area (Å²) in [6, 6.07) is 3.86. The number of nitrogens with one attached hydrogen (secondary N) is 2. The Morgan fingerprint density at radius 1 is 1.38 bits per heavy atom. The van der Waals surface area contributed by atoms with E-state index in [0.29, 0.717) is 13.2 Å². The minimum Gasteiger partial charge on any atom is -0.379 e. The Labute approximate surface area is 124 Å². The van der Waals surface area contributed by atoms with Crippen molar-refractivity contribution in [3.05, 3.63) is 18.3 Å². The third kappa shape index (κ3) is 3.01. The van der Waals surface area contributed by atoms with Gasteiger partial charge in [-0.1, -0.05) is 0 Å². The molecule has 3 heterocycles. The summed E-state index contributed by atoms with van der Waals surface area (Å²) in [5, 5.41) is 6.17. The van der Waals surface area contributed by atoms with Gasteiger partial charge in [0.25, 0.3) is 0 Å². The van der Waals surface area contributed by atoms with Crippen LogP contribution in [0.15, 0.2) is 18.3 Å². The van der Waals surface area contributed by atoms with Crippen LogP contribution in [0.2, 0.25) is 0 Å². The van der Waals surface area contributed by atoms with Crippen molar-refractivity contribution in [3.8, 4) is 0 Å². The molecule has 2 N–H and O–H groups in total. The number of nitrogens with zero attached hydrogens (tertiary/aromatic N) is 2. The van der Waals surface area contributed by atoms with Gasteiger partial charge in [0.2, 0.25) is 5.91 Å². The molecule has 0 radical (unpaired) electrons. The van der Waals surface area contributed by atoms with Crippen LogP contribution in [0.25, 0.3) is 0 Å². The topological polar surface area (TPSA) is 66.5 Å². The van der Waals surface area contributed by atoms with Crippen molar-refractivity contribution in [1.29, 1.82) is 0 Å². The summed E-state index contributed by atoms with van der Waals surface area (Å²) in [6.07, 6.45) is 4.14. The van der Waals surface area contributed by atoms with Gasteiger partial charge in [-0.05, 0) is 32.0 Å². The predicted octanol–water partition coefficient (Wildman–Crippen LogP) is 0.855. The van der Waals surface area contributed by atoms with Crippen LogP contribution in [0, 0.1) is 5.92 Å². The second-order valence-electron chi connectivity index (χ2n) is 5.60. The van der Waals surface area contributed by atoms with E-state index in [4.69, 9.17) is 4.74 Å². The van der Waals surface area contributed by atoms with Gasteiger partial charge < -0.3 is 20.3 Å². The van der Waals surface area contributed by atoms with E-state index in [1.54, 1.807) is 6.20 Å². The summed E-state index contributed by atoms with van der Waals surface area (Å²) in [6.45, 7) is 3.06. The largest absolute Gasteiger partial charge is 0.379 e. The second-order valence-corrected chi connectivity index (χ2v) is 5.60. The number of hydrogen-bond acceptors (Lipinski definition) is 5. The van der Waals surface area contributed by atoms with Crippen molar-refractivity contribution in [2.45, 2.75) is 18.9 Å². The first-order valence-electron chi connectivity index (χ1n) is 7.55. The van der Waals surface area contributed by atoms with Crippen molar-refractivity contribution >= 4 is 17.4 Å². The van der Waals surface area contributed by atoms with Crippen LogP contribution in [0.5, 0.6) is 0 Å². The third-order valence-corrected chi connectivity index (χ3v) is 4.24. The van der Waals surface area contributed by atoms with E-state index in [0.717, 1.165) is 24.6 Å². The molecule has 1 amide bonds. The zero-order valence-corrected chi connectivity index (χ0v) is 12.3. The van der Waals surface area contributed by atoms with Gasteiger partial charge in [-0.2, -0.15) is 0 Å². The highest BCUT2D eigenvalue weighted by Crippen LogP contribution is 2.27. The number of rotatable bonds is 4. The lowest BCUT2D eigenvalue weighted by atomic mass is 10.0. The fourth-order valence-corrected chi connectivity index (χ4v) is 3.00. The normalized spacial score (nSPS) is 25.3. The molecule has 6 nitrogen and oxygen atoms in total. The summed E-state index contributed by atoms with van der Waals surface area (Å²) >= 11 is 0. The van der Waals surface area contributed by atoms with E-state index in [9.17, 15) is 4.79 Å². The monoisotopic (exact) mass is 290 g/mol. The number of carbonyl (C=O) groups excluding carboxylic acids is 1. The Morgan fingerprint density at radius 2 is 2.19 bits per heavy atom. The van der Waals surface area contributed by atoms with Gasteiger partial charge in [-0.3, -0.25) is 4.79 Å². The summed E-state index contributed by atoms with van der Waals surface area (Å²) in [5.41, 5.74) is 0.797. The van der Waals surface area contributed by atoms with Gasteiger partial charge >= 0.3 is 0 Å². The SMILES string of the molecule is CNC1COCC1C(=O)Nc1cccnc1N1CCCC1. The maximum Gasteiger partial charge on any atom is 0.231 e. The number of ether oxygens (including phenoxy) is 1. The predicted molar refractivity (Wildman–Crippen MR) is 81.5 cm³/mol. The van der Waals surface area contributed by atoms with Gasteiger partial charge in [0.05, 0.1) is 24.8 Å². The molecular weight excluding hydrogens is 268 g/mol. The number of anilines is 2. The third-order valence-electron chi connectivity index (χ3n) is 4.24. The first kappa shape index (κ1) is 14.3. The van der Waals surface area contributed by atoms with E-state index in [1.165, 1.54) is 12.8 Å². The maximum atomic E-state index is 12.5. The molecule has 114 valence electrons. The molecule has 2 fully saturated rings. The highest BCUT2D eigenvalue weighted by atomic mass is 16.5. The standard InChI is InChI=1S/C15H22N4O2/c1-16-13-10-21-9-11(13)15(20)18-12-5-4-6-17-14(12)19-7-2-3-8-19/h4-6,11,13,16H,2-3,7-10H2,1H3,(H,18,20). The first-order valence-corrected chi connectivity index (χ1v) is 7.55. The molecule has 2 unspecified atom stereocenters. The fraction of sp³-hybridized carbons (Fsp3) is 0.600. The summed E-state index contributed by atoms with van der Waals surface area (Å²) in [4.78, 5) is 19.2. The molecule has 1 aromatic heterocycles. The van der Waals surface area contributed by atoms with Crippen LogP contribution in [0.4, 0.5) is 11.5 Å². The molecule has 2 saturated heterocycles. The van der Waals surface area contributed by atoms with E-state index in [1.807, 2.05) is 19.2 Å². The quantitative estimate of drug-likeness (QED) is 0.861. The van der Waals surface area contributed by atoms with Gasteiger partial charge in [0.15, 0.2) is 5.82 Å². The van der Waals surface area contributed by atoms with Crippen LogP contribution < -0.4 is 15.5 Å². The second kappa shape index (κ2) is 6.41. The molecule has 1 aromatic rings. The summed E-state index contributed by atoms with van der Waals surface area (Å²) < 4.78 is 5.40. The minimum absolute atomic E-state index is 0.000275. The number of likely N-dealkylation sites (N-methyl/N-ethyl adjacent to an activating group) is 1. The van der Waals surface area contributed by atoms with Crippen molar-refractivity contribution in [2.75, 3.05) is 43.6 Å². The van der Waals surface area contributed by atoms with E-state index >= 15 is 0 Å². The molecule has 0 aliphatic carbocycles. The first-order chi connectivity index (χ1) is 10.3. The zero-order chi connectivity index (χ0) is 14.7. The van der Waals surface area contributed by atoms with Gasteiger partial charge in [-0.25, -0.2) is 4.98 Å². The Balaban J connectivity index is 1.73. The summed E-state index contributed by atoms with van der Waals surface area (Å²) in [5.74, 6) is 0.727. The lowest BCUT2D eigenvalue weighted by Gasteiger charge is -2.22. The molecular formula is C15H22N4O2. The maximum absolute atomic E-state index is 12.5. The van der Waals surface area contributed by atoms with Gasteiger partial charge in [0.1, 0.15) is 0 Å².